The van der Waals surface area contributed by atoms with Crippen molar-refractivity contribution in [3.8, 4) is 0 Å². The number of fused-ring (bicyclic) bond motifs is 1. The number of carbonyl (C=O) groups is 1. The molecule has 2 aromatic rings. The number of aliphatic carboxylic acids is 1. The van der Waals surface area contributed by atoms with E-state index in [9.17, 15) is 13.2 Å². The van der Waals surface area contributed by atoms with Crippen molar-refractivity contribution in [3.63, 3.8) is 0 Å². The van der Waals surface area contributed by atoms with Gasteiger partial charge in [-0.2, -0.15) is 0 Å². The van der Waals surface area contributed by atoms with Crippen LogP contribution in [0.5, 0.6) is 0 Å². The van der Waals surface area contributed by atoms with E-state index in [0.717, 1.165) is 5.39 Å². The first-order chi connectivity index (χ1) is 10.2. The van der Waals surface area contributed by atoms with Crippen LogP contribution < -0.4 is 4.72 Å². The lowest BCUT2D eigenvalue weighted by molar-refractivity contribution is -0.137. The molecule has 0 amide bonds. The second-order valence-electron chi connectivity index (χ2n) is 5.74. The maximum Gasteiger partial charge on any atom is 0.303 e. The number of hydrogen-bond donors (Lipinski definition) is 2. The Hall–Kier alpha value is -1.99. The molecule has 6 nitrogen and oxygen atoms in total. The van der Waals surface area contributed by atoms with E-state index in [0.29, 0.717) is 5.52 Å². The summed E-state index contributed by atoms with van der Waals surface area (Å²) in [7, 11) is -3.73. The molecule has 0 saturated carbocycles. The average Bonchev–Trinajstić information content (AvgIpc) is 2.44. The molecule has 0 fully saturated rings. The molecular formula is C15H18N2O4S. The molecule has 22 heavy (non-hydrogen) atoms. The van der Waals surface area contributed by atoms with Crippen molar-refractivity contribution < 1.29 is 18.3 Å². The Morgan fingerprint density at radius 1 is 1.32 bits per heavy atom. The normalized spacial score (nSPS) is 12.5. The van der Waals surface area contributed by atoms with E-state index in [1.54, 1.807) is 44.3 Å². The topological polar surface area (TPSA) is 96.4 Å². The van der Waals surface area contributed by atoms with Crippen LogP contribution in [-0.4, -0.2) is 30.0 Å². The number of nitrogens with zero attached hydrogens (tertiary/aromatic N) is 1. The smallest absolute Gasteiger partial charge is 0.303 e. The van der Waals surface area contributed by atoms with E-state index in [2.05, 4.69) is 9.71 Å². The van der Waals surface area contributed by atoms with Gasteiger partial charge in [-0.05, 0) is 44.5 Å². The van der Waals surface area contributed by atoms with Gasteiger partial charge in [0.25, 0.3) is 0 Å². The van der Waals surface area contributed by atoms with Gasteiger partial charge in [-0.1, -0.05) is 6.07 Å². The van der Waals surface area contributed by atoms with Crippen LogP contribution in [0, 0.1) is 0 Å². The zero-order valence-electron chi connectivity index (χ0n) is 12.4. The molecular weight excluding hydrogens is 304 g/mol. The fraction of sp³-hybridized carbons (Fsp3) is 0.333. The van der Waals surface area contributed by atoms with Crippen molar-refractivity contribution in [1.82, 2.24) is 9.71 Å². The molecule has 2 N–H and O–H groups in total. The lowest BCUT2D eigenvalue weighted by Gasteiger charge is -2.25. The fourth-order valence-electron chi connectivity index (χ4n) is 2.11. The third-order valence-corrected chi connectivity index (χ3v) is 4.96. The highest BCUT2D eigenvalue weighted by Gasteiger charge is 2.26. The lowest BCUT2D eigenvalue weighted by Crippen LogP contribution is -2.43. The summed E-state index contributed by atoms with van der Waals surface area (Å²) < 4.78 is 27.5. The quantitative estimate of drug-likeness (QED) is 0.849. The summed E-state index contributed by atoms with van der Waals surface area (Å²) in [6, 6.07) is 8.22. The van der Waals surface area contributed by atoms with Crippen LogP contribution in [0.4, 0.5) is 0 Å². The Balaban J connectivity index is 2.26. The van der Waals surface area contributed by atoms with Crippen molar-refractivity contribution in [2.75, 3.05) is 0 Å². The minimum absolute atomic E-state index is 0.100. The van der Waals surface area contributed by atoms with E-state index in [1.165, 1.54) is 6.07 Å². The zero-order valence-corrected chi connectivity index (χ0v) is 13.2. The molecule has 0 spiro atoms. The first-order valence-corrected chi connectivity index (χ1v) is 8.28. The van der Waals surface area contributed by atoms with Gasteiger partial charge in [0.2, 0.25) is 10.0 Å². The molecule has 0 aliphatic carbocycles. The second-order valence-corrected chi connectivity index (χ2v) is 7.42. The van der Waals surface area contributed by atoms with Crippen LogP contribution in [0.3, 0.4) is 0 Å². The summed E-state index contributed by atoms with van der Waals surface area (Å²) in [5.41, 5.74) is -0.132. The van der Waals surface area contributed by atoms with Crippen molar-refractivity contribution in [2.24, 2.45) is 0 Å². The molecule has 118 valence electrons. The Morgan fingerprint density at radius 2 is 2.05 bits per heavy atom. The Morgan fingerprint density at radius 3 is 2.73 bits per heavy atom. The molecule has 0 atom stereocenters. The minimum atomic E-state index is -3.73. The first kappa shape index (κ1) is 16.4. The number of sulfonamides is 1. The molecule has 2 rings (SSSR count). The molecule has 1 heterocycles. The van der Waals surface area contributed by atoms with E-state index >= 15 is 0 Å². The van der Waals surface area contributed by atoms with E-state index < -0.39 is 21.5 Å². The summed E-state index contributed by atoms with van der Waals surface area (Å²) in [4.78, 5) is 14.9. The maximum atomic E-state index is 12.5. The third kappa shape index (κ3) is 4.02. The van der Waals surface area contributed by atoms with E-state index in [-0.39, 0.29) is 17.7 Å². The van der Waals surface area contributed by atoms with Crippen LogP contribution >= 0.6 is 0 Å². The fourth-order valence-corrected chi connectivity index (χ4v) is 3.59. The van der Waals surface area contributed by atoms with Gasteiger partial charge in [-0.25, -0.2) is 13.1 Å². The van der Waals surface area contributed by atoms with Gasteiger partial charge in [0.15, 0.2) is 0 Å². The number of carboxylic acids is 1. The molecule has 0 bridgehead atoms. The monoisotopic (exact) mass is 322 g/mol. The zero-order chi connectivity index (χ0) is 16.4. The van der Waals surface area contributed by atoms with Gasteiger partial charge >= 0.3 is 5.97 Å². The number of benzene rings is 1. The van der Waals surface area contributed by atoms with Crippen molar-refractivity contribution >= 4 is 26.9 Å². The third-order valence-electron chi connectivity index (χ3n) is 3.26. The molecule has 1 aromatic heterocycles. The van der Waals surface area contributed by atoms with Crippen molar-refractivity contribution in [3.05, 3.63) is 36.5 Å². The molecule has 0 saturated heterocycles. The maximum absolute atomic E-state index is 12.5. The molecule has 7 heteroatoms. The predicted molar refractivity (Wildman–Crippen MR) is 83.0 cm³/mol. The number of nitrogens with one attached hydrogen (secondary N) is 1. The van der Waals surface area contributed by atoms with Crippen LogP contribution in [-0.2, 0) is 14.8 Å². The summed E-state index contributed by atoms with van der Waals surface area (Å²) in [6.45, 7) is 3.33. The Labute approximate surface area is 129 Å². The Kier molecular flexibility index (Phi) is 4.48. The standard InChI is InChI=1S/C15H18N2O4S/c1-15(2,8-7-14(18)19)17-22(20,21)12-5-6-13-11(10-12)4-3-9-16-13/h3-6,9-10,17H,7-8H2,1-2H3,(H,18,19). The van der Waals surface area contributed by atoms with Gasteiger partial charge in [-0.3, -0.25) is 9.78 Å². The number of hydrogen-bond acceptors (Lipinski definition) is 4. The molecule has 0 aliphatic rings. The van der Waals surface area contributed by atoms with Crippen LogP contribution in [0.2, 0.25) is 0 Å². The lowest BCUT2D eigenvalue weighted by atomic mass is 10.0. The summed E-state index contributed by atoms with van der Waals surface area (Å²) in [5.74, 6) is -0.955. The average molecular weight is 322 g/mol. The van der Waals surface area contributed by atoms with Gasteiger partial charge in [0.1, 0.15) is 0 Å². The summed E-state index contributed by atoms with van der Waals surface area (Å²) >= 11 is 0. The SMILES string of the molecule is CC(C)(CCC(=O)O)NS(=O)(=O)c1ccc2ncccc2c1. The minimum Gasteiger partial charge on any atom is -0.481 e. The largest absolute Gasteiger partial charge is 0.481 e. The Bertz CT molecular complexity index is 800. The number of carboxylic acid groups (broad SMARTS) is 1. The van der Waals surface area contributed by atoms with Crippen LogP contribution in [0.15, 0.2) is 41.4 Å². The van der Waals surface area contributed by atoms with Gasteiger partial charge in [-0.15, -0.1) is 0 Å². The van der Waals surface area contributed by atoms with Gasteiger partial charge in [0.05, 0.1) is 10.4 Å². The highest BCUT2D eigenvalue weighted by molar-refractivity contribution is 7.89. The van der Waals surface area contributed by atoms with Crippen molar-refractivity contribution in [2.45, 2.75) is 37.1 Å². The number of aromatic nitrogens is 1. The summed E-state index contributed by atoms with van der Waals surface area (Å²) in [5, 5.41) is 9.46. The predicted octanol–water partition coefficient (Wildman–Crippen LogP) is 2.16. The molecule has 1 aromatic carbocycles. The van der Waals surface area contributed by atoms with Gasteiger partial charge in [0, 0.05) is 23.5 Å². The van der Waals surface area contributed by atoms with Crippen LogP contribution in [0.1, 0.15) is 26.7 Å². The second kappa shape index (κ2) is 6.02. The molecule has 0 unspecified atom stereocenters. The van der Waals surface area contributed by atoms with Gasteiger partial charge < -0.3 is 5.11 Å². The highest BCUT2D eigenvalue weighted by atomic mass is 32.2. The van der Waals surface area contributed by atoms with E-state index in [4.69, 9.17) is 5.11 Å². The number of pyridine rings is 1. The van der Waals surface area contributed by atoms with Crippen molar-refractivity contribution in [1.29, 1.82) is 0 Å². The highest BCUT2D eigenvalue weighted by Crippen LogP contribution is 2.20. The molecule has 0 radical (unpaired) electrons. The van der Waals surface area contributed by atoms with Crippen LogP contribution in [0.25, 0.3) is 10.9 Å². The molecule has 0 aliphatic heterocycles. The number of rotatable bonds is 6. The first-order valence-electron chi connectivity index (χ1n) is 6.80. The van der Waals surface area contributed by atoms with E-state index in [1.807, 2.05) is 0 Å². The summed E-state index contributed by atoms with van der Waals surface area (Å²) in [6.07, 6.45) is 1.75.